The lowest BCUT2D eigenvalue weighted by atomic mass is 10.3. The van der Waals surface area contributed by atoms with Crippen LogP contribution < -0.4 is 0 Å². The lowest BCUT2D eigenvalue weighted by molar-refractivity contribution is 0.991. The molecule has 4 heteroatoms. The molecule has 0 fully saturated rings. The van der Waals surface area contributed by atoms with Gasteiger partial charge in [0.25, 0.3) is 0 Å². The summed E-state index contributed by atoms with van der Waals surface area (Å²) in [5, 5.41) is 0. The van der Waals surface area contributed by atoms with Gasteiger partial charge in [-0.1, -0.05) is 12.1 Å². The Kier molecular flexibility index (Phi) is 1.71. The largest absolute Gasteiger partial charge is 0.289 e. The van der Waals surface area contributed by atoms with E-state index in [1.807, 2.05) is 35.0 Å². The molecular weight excluding hydrogens is 188 g/mol. The van der Waals surface area contributed by atoms with Crippen molar-refractivity contribution in [2.75, 3.05) is 0 Å². The number of fused-ring (bicyclic) bond motifs is 1. The zero-order chi connectivity index (χ0) is 10.1. The van der Waals surface area contributed by atoms with Crippen LogP contribution in [0.25, 0.3) is 16.9 Å². The highest BCUT2D eigenvalue weighted by atomic mass is 15.1. The van der Waals surface area contributed by atoms with Crippen molar-refractivity contribution in [2.45, 2.75) is 0 Å². The Balaban J connectivity index is 2.22. The Morgan fingerprint density at radius 3 is 2.73 bits per heavy atom. The SMILES string of the molecule is c1ccc2nc(-n3ccnc3)cnc2c1. The zero-order valence-electron chi connectivity index (χ0n) is 7.91. The predicted molar refractivity (Wildman–Crippen MR) is 56.7 cm³/mol. The third-order valence-electron chi connectivity index (χ3n) is 2.20. The third kappa shape index (κ3) is 1.36. The smallest absolute Gasteiger partial charge is 0.157 e. The van der Waals surface area contributed by atoms with E-state index < -0.39 is 0 Å². The summed E-state index contributed by atoms with van der Waals surface area (Å²) in [7, 11) is 0. The molecule has 0 spiro atoms. The number of nitrogens with zero attached hydrogens (tertiary/aromatic N) is 4. The second-order valence-electron chi connectivity index (χ2n) is 3.19. The number of hydrogen-bond donors (Lipinski definition) is 0. The van der Waals surface area contributed by atoms with Crippen LogP contribution in [0.4, 0.5) is 0 Å². The number of para-hydroxylation sites is 2. The first-order chi connectivity index (χ1) is 7.43. The standard InChI is InChI=1S/C11H8N4/c1-2-4-10-9(3-1)13-7-11(14-10)15-6-5-12-8-15/h1-8H. The third-order valence-corrected chi connectivity index (χ3v) is 2.20. The van der Waals surface area contributed by atoms with Gasteiger partial charge < -0.3 is 0 Å². The molecule has 0 saturated carbocycles. The van der Waals surface area contributed by atoms with Crippen molar-refractivity contribution in [2.24, 2.45) is 0 Å². The molecule has 3 rings (SSSR count). The Morgan fingerprint density at radius 1 is 1.07 bits per heavy atom. The predicted octanol–water partition coefficient (Wildman–Crippen LogP) is 1.82. The van der Waals surface area contributed by atoms with Gasteiger partial charge in [-0.25, -0.2) is 9.97 Å². The highest BCUT2D eigenvalue weighted by Crippen LogP contribution is 2.10. The van der Waals surface area contributed by atoms with Crippen molar-refractivity contribution < 1.29 is 0 Å². The van der Waals surface area contributed by atoms with Gasteiger partial charge in [0, 0.05) is 12.4 Å². The van der Waals surface area contributed by atoms with Crippen molar-refractivity contribution in [3.05, 3.63) is 49.2 Å². The minimum Gasteiger partial charge on any atom is -0.289 e. The minimum atomic E-state index is 0.784. The fraction of sp³-hybridized carbons (Fsp3) is 0. The minimum absolute atomic E-state index is 0.784. The molecule has 0 atom stereocenters. The zero-order valence-corrected chi connectivity index (χ0v) is 7.91. The summed E-state index contributed by atoms with van der Waals surface area (Å²) >= 11 is 0. The molecule has 0 radical (unpaired) electrons. The van der Waals surface area contributed by atoms with Crippen molar-refractivity contribution in [3.8, 4) is 5.82 Å². The molecule has 0 unspecified atom stereocenters. The molecule has 0 N–H and O–H groups in total. The van der Waals surface area contributed by atoms with Gasteiger partial charge in [-0.3, -0.25) is 9.55 Å². The Labute approximate surface area is 86.2 Å². The molecule has 72 valence electrons. The summed E-state index contributed by atoms with van der Waals surface area (Å²) in [6.07, 6.45) is 7.01. The van der Waals surface area contributed by atoms with Gasteiger partial charge in [-0.2, -0.15) is 0 Å². The molecule has 0 aliphatic heterocycles. The van der Waals surface area contributed by atoms with Crippen molar-refractivity contribution in [1.82, 2.24) is 19.5 Å². The number of aromatic nitrogens is 4. The van der Waals surface area contributed by atoms with E-state index in [2.05, 4.69) is 15.0 Å². The average molecular weight is 196 g/mol. The lowest BCUT2D eigenvalue weighted by Gasteiger charge is -2.01. The van der Waals surface area contributed by atoms with Crippen molar-refractivity contribution in [3.63, 3.8) is 0 Å². The fourth-order valence-electron chi connectivity index (χ4n) is 1.47. The summed E-state index contributed by atoms with van der Waals surface area (Å²) in [5.41, 5.74) is 1.80. The van der Waals surface area contributed by atoms with Crippen LogP contribution in [0.3, 0.4) is 0 Å². The van der Waals surface area contributed by atoms with Gasteiger partial charge in [0.1, 0.15) is 6.33 Å². The van der Waals surface area contributed by atoms with Gasteiger partial charge >= 0.3 is 0 Å². The summed E-state index contributed by atoms with van der Waals surface area (Å²) < 4.78 is 1.83. The molecule has 0 aliphatic rings. The first-order valence-electron chi connectivity index (χ1n) is 4.63. The first kappa shape index (κ1) is 8.11. The van der Waals surface area contributed by atoms with E-state index in [4.69, 9.17) is 0 Å². The number of benzene rings is 1. The molecule has 0 amide bonds. The highest BCUT2D eigenvalue weighted by molar-refractivity contribution is 5.74. The van der Waals surface area contributed by atoms with Crippen molar-refractivity contribution >= 4 is 11.0 Å². The van der Waals surface area contributed by atoms with E-state index in [-0.39, 0.29) is 0 Å². The summed E-state index contributed by atoms with van der Waals surface area (Å²) in [5.74, 6) is 0.784. The van der Waals surface area contributed by atoms with Gasteiger partial charge in [-0.15, -0.1) is 0 Å². The maximum absolute atomic E-state index is 4.48. The van der Waals surface area contributed by atoms with Crippen molar-refractivity contribution in [1.29, 1.82) is 0 Å². The molecule has 2 heterocycles. The topological polar surface area (TPSA) is 43.6 Å². The van der Waals surface area contributed by atoms with Gasteiger partial charge in [0.05, 0.1) is 17.2 Å². The van der Waals surface area contributed by atoms with Crippen LogP contribution >= 0.6 is 0 Å². The fourth-order valence-corrected chi connectivity index (χ4v) is 1.47. The first-order valence-corrected chi connectivity index (χ1v) is 4.63. The van der Waals surface area contributed by atoms with Crippen LogP contribution in [0.15, 0.2) is 49.2 Å². The second kappa shape index (κ2) is 3.16. The number of imidazole rings is 1. The molecular formula is C11H8N4. The molecule has 0 aliphatic carbocycles. The quantitative estimate of drug-likeness (QED) is 0.596. The molecule has 15 heavy (non-hydrogen) atoms. The van der Waals surface area contributed by atoms with Crippen LogP contribution in [0.5, 0.6) is 0 Å². The Morgan fingerprint density at radius 2 is 1.93 bits per heavy atom. The van der Waals surface area contributed by atoms with E-state index >= 15 is 0 Å². The molecule has 2 aromatic heterocycles. The molecule has 1 aromatic carbocycles. The van der Waals surface area contributed by atoms with Crippen LogP contribution in [0.2, 0.25) is 0 Å². The van der Waals surface area contributed by atoms with Crippen LogP contribution in [0.1, 0.15) is 0 Å². The second-order valence-corrected chi connectivity index (χ2v) is 3.19. The molecule has 3 aromatic rings. The van der Waals surface area contributed by atoms with E-state index in [0.29, 0.717) is 0 Å². The Hall–Kier alpha value is -2.23. The van der Waals surface area contributed by atoms with Crippen LogP contribution in [0, 0.1) is 0 Å². The number of hydrogen-bond acceptors (Lipinski definition) is 3. The average Bonchev–Trinajstić information content (AvgIpc) is 2.82. The van der Waals surface area contributed by atoms with Gasteiger partial charge in [0.15, 0.2) is 5.82 Å². The molecule has 0 saturated heterocycles. The normalized spacial score (nSPS) is 10.7. The summed E-state index contributed by atoms with van der Waals surface area (Å²) in [6, 6.07) is 7.80. The molecule has 4 nitrogen and oxygen atoms in total. The van der Waals surface area contributed by atoms with E-state index in [1.165, 1.54) is 0 Å². The maximum atomic E-state index is 4.48. The monoisotopic (exact) mass is 196 g/mol. The van der Waals surface area contributed by atoms with Gasteiger partial charge in [-0.05, 0) is 12.1 Å². The number of rotatable bonds is 1. The maximum Gasteiger partial charge on any atom is 0.157 e. The van der Waals surface area contributed by atoms with Gasteiger partial charge in [0.2, 0.25) is 0 Å². The highest BCUT2D eigenvalue weighted by Gasteiger charge is 1.99. The van der Waals surface area contributed by atoms with E-state index in [0.717, 1.165) is 16.9 Å². The lowest BCUT2D eigenvalue weighted by Crippen LogP contribution is -1.95. The molecule has 0 bridgehead atoms. The van der Waals surface area contributed by atoms with E-state index in [1.54, 1.807) is 18.7 Å². The summed E-state index contributed by atoms with van der Waals surface area (Å²) in [4.78, 5) is 12.8. The summed E-state index contributed by atoms with van der Waals surface area (Å²) in [6.45, 7) is 0. The Bertz CT molecular complexity index is 586. The van der Waals surface area contributed by atoms with E-state index in [9.17, 15) is 0 Å². The van der Waals surface area contributed by atoms with Crippen LogP contribution in [-0.4, -0.2) is 19.5 Å². The van der Waals surface area contributed by atoms with Crippen LogP contribution in [-0.2, 0) is 0 Å².